The zero-order chi connectivity index (χ0) is 20.8. The normalized spacial score (nSPS) is 16.0. The van der Waals surface area contributed by atoms with Crippen molar-refractivity contribution in [2.45, 2.75) is 25.9 Å². The topological polar surface area (TPSA) is 63.5 Å². The number of anilines is 1. The van der Waals surface area contributed by atoms with Gasteiger partial charge in [0.2, 0.25) is 0 Å². The number of hydrogen-bond acceptors (Lipinski definition) is 3. The molecule has 1 unspecified atom stereocenters. The molecule has 9 heteroatoms. The molecular weight excluding hydrogens is 506 g/mol. The predicted molar refractivity (Wildman–Crippen MR) is 121 cm³/mol. The van der Waals surface area contributed by atoms with Gasteiger partial charge in [0.05, 0.1) is 23.9 Å². The summed E-state index contributed by atoms with van der Waals surface area (Å²) in [5, 5.41) is 15.2. The van der Waals surface area contributed by atoms with Crippen molar-refractivity contribution in [1.29, 1.82) is 5.26 Å². The first-order valence-electron chi connectivity index (χ1n) is 9.43. The maximum absolute atomic E-state index is 14.1. The summed E-state index contributed by atoms with van der Waals surface area (Å²) in [6.45, 7) is 3.84. The fraction of sp³-hybridized carbons (Fsp3) is 0.333. The van der Waals surface area contributed by atoms with E-state index in [1.165, 1.54) is 18.2 Å². The summed E-state index contributed by atoms with van der Waals surface area (Å²) < 4.78 is 41.2. The van der Waals surface area contributed by atoms with E-state index in [-0.39, 0.29) is 42.1 Å². The van der Waals surface area contributed by atoms with Crippen molar-refractivity contribution >= 4 is 35.6 Å². The van der Waals surface area contributed by atoms with Gasteiger partial charge in [0, 0.05) is 37.3 Å². The van der Waals surface area contributed by atoms with Crippen LogP contribution in [0.1, 0.15) is 24.5 Å². The summed E-state index contributed by atoms with van der Waals surface area (Å²) in [4.78, 5) is 6.28. The highest BCUT2D eigenvalue weighted by molar-refractivity contribution is 14.0. The summed E-state index contributed by atoms with van der Waals surface area (Å²) >= 11 is 0. The maximum Gasteiger partial charge on any atom is 0.191 e. The SMILES string of the molecule is CCNC(=NCc1ccc(C#N)cc1F)NC1CCN(c2ccc(F)cc2F)C1.I. The highest BCUT2D eigenvalue weighted by Gasteiger charge is 2.25. The second-order valence-electron chi connectivity index (χ2n) is 6.78. The largest absolute Gasteiger partial charge is 0.367 e. The Morgan fingerprint density at radius 1 is 1.20 bits per heavy atom. The number of nitriles is 1. The highest BCUT2D eigenvalue weighted by atomic mass is 127. The molecule has 1 saturated heterocycles. The van der Waals surface area contributed by atoms with E-state index >= 15 is 0 Å². The quantitative estimate of drug-likeness (QED) is 0.350. The van der Waals surface area contributed by atoms with Crippen molar-refractivity contribution in [3.8, 4) is 6.07 Å². The van der Waals surface area contributed by atoms with E-state index in [4.69, 9.17) is 5.26 Å². The van der Waals surface area contributed by atoms with Gasteiger partial charge in [-0.3, -0.25) is 0 Å². The van der Waals surface area contributed by atoms with Crippen LogP contribution in [0.5, 0.6) is 0 Å². The average molecular weight is 529 g/mol. The molecule has 0 aromatic heterocycles. The van der Waals surface area contributed by atoms with Crippen LogP contribution in [0.4, 0.5) is 18.9 Å². The molecule has 0 saturated carbocycles. The third kappa shape index (κ3) is 6.01. The molecule has 30 heavy (non-hydrogen) atoms. The van der Waals surface area contributed by atoms with Crippen molar-refractivity contribution in [3.05, 3.63) is 65.0 Å². The number of rotatable bonds is 5. The van der Waals surface area contributed by atoms with Gasteiger partial charge in [0.25, 0.3) is 0 Å². The molecule has 3 rings (SSSR count). The Balaban J connectivity index is 0.00000320. The standard InChI is InChI=1S/C21H22F3N5.HI/c1-2-26-21(27-12-15-4-3-14(11-25)9-18(15)23)28-17-7-8-29(13-17)20-6-5-16(22)10-19(20)24;/h3-6,9-10,17H,2,7-8,12-13H2,1H3,(H2,26,27,28);1H. The second-order valence-corrected chi connectivity index (χ2v) is 6.78. The first kappa shape index (κ1) is 23.8. The minimum Gasteiger partial charge on any atom is -0.367 e. The summed E-state index contributed by atoms with van der Waals surface area (Å²) in [6, 6.07) is 9.79. The Bertz CT molecular complexity index is 945. The average Bonchev–Trinajstić information content (AvgIpc) is 3.15. The molecule has 1 atom stereocenters. The molecule has 160 valence electrons. The van der Waals surface area contributed by atoms with E-state index in [0.29, 0.717) is 36.8 Å². The molecule has 0 radical (unpaired) electrons. The molecule has 1 aliphatic rings. The van der Waals surface area contributed by atoms with E-state index in [2.05, 4.69) is 15.6 Å². The molecule has 0 spiro atoms. The smallest absolute Gasteiger partial charge is 0.191 e. The lowest BCUT2D eigenvalue weighted by atomic mass is 10.1. The Labute approximate surface area is 191 Å². The molecule has 5 nitrogen and oxygen atoms in total. The van der Waals surface area contributed by atoms with Gasteiger partial charge in [-0.25, -0.2) is 18.2 Å². The molecule has 1 heterocycles. The fourth-order valence-corrected chi connectivity index (χ4v) is 3.26. The summed E-state index contributed by atoms with van der Waals surface area (Å²) in [6.07, 6.45) is 0.756. The van der Waals surface area contributed by atoms with Gasteiger partial charge in [0.1, 0.15) is 17.5 Å². The van der Waals surface area contributed by atoms with Crippen molar-refractivity contribution in [3.63, 3.8) is 0 Å². The molecule has 2 aromatic rings. The molecule has 1 fully saturated rings. The molecule has 0 bridgehead atoms. The van der Waals surface area contributed by atoms with Crippen LogP contribution in [0.15, 0.2) is 41.4 Å². The van der Waals surface area contributed by atoms with E-state index in [1.807, 2.05) is 17.9 Å². The van der Waals surface area contributed by atoms with Gasteiger partial charge in [0.15, 0.2) is 5.96 Å². The number of nitrogens with zero attached hydrogens (tertiary/aromatic N) is 3. The molecule has 0 amide bonds. The third-order valence-electron chi connectivity index (χ3n) is 4.71. The van der Waals surface area contributed by atoms with E-state index in [9.17, 15) is 13.2 Å². The lowest BCUT2D eigenvalue weighted by molar-refractivity contribution is 0.580. The molecule has 1 aliphatic heterocycles. The van der Waals surface area contributed by atoms with E-state index in [0.717, 1.165) is 12.5 Å². The van der Waals surface area contributed by atoms with Crippen molar-refractivity contribution in [2.75, 3.05) is 24.5 Å². The number of benzene rings is 2. The van der Waals surface area contributed by atoms with Crippen LogP contribution >= 0.6 is 24.0 Å². The number of halogens is 4. The van der Waals surface area contributed by atoms with Crippen LogP contribution in [0.3, 0.4) is 0 Å². The zero-order valence-electron chi connectivity index (χ0n) is 16.5. The van der Waals surface area contributed by atoms with Crippen LogP contribution < -0.4 is 15.5 Å². The minimum atomic E-state index is -0.600. The Morgan fingerprint density at radius 2 is 2.00 bits per heavy atom. The summed E-state index contributed by atoms with van der Waals surface area (Å²) in [5.74, 6) is -1.12. The Hall–Kier alpha value is -2.48. The van der Waals surface area contributed by atoms with Crippen molar-refractivity contribution in [2.24, 2.45) is 4.99 Å². The van der Waals surface area contributed by atoms with Crippen molar-refractivity contribution < 1.29 is 13.2 Å². The highest BCUT2D eigenvalue weighted by Crippen LogP contribution is 2.24. The number of nitrogens with one attached hydrogen (secondary N) is 2. The summed E-state index contributed by atoms with van der Waals surface area (Å²) in [5.41, 5.74) is 1.03. The van der Waals surface area contributed by atoms with Gasteiger partial charge >= 0.3 is 0 Å². The number of hydrogen-bond donors (Lipinski definition) is 2. The number of aliphatic imine (C=N–C) groups is 1. The third-order valence-corrected chi connectivity index (χ3v) is 4.71. The van der Waals surface area contributed by atoms with Crippen LogP contribution in [-0.4, -0.2) is 31.6 Å². The zero-order valence-corrected chi connectivity index (χ0v) is 18.8. The first-order valence-corrected chi connectivity index (χ1v) is 9.43. The Kier molecular flexibility index (Phi) is 8.77. The van der Waals surface area contributed by atoms with Crippen LogP contribution in [-0.2, 0) is 6.54 Å². The first-order chi connectivity index (χ1) is 14.0. The number of guanidine groups is 1. The lowest BCUT2D eigenvalue weighted by Crippen LogP contribution is -2.44. The molecule has 0 aliphatic carbocycles. The lowest BCUT2D eigenvalue weighted by Gasteiger charge is -2.21. The van der Waals surface area contributed by atoms with E-state index in [1.54, 1.807) is 12.1 Å². The van der Waals surface area contributed by atoms with Gasteiger partial charge in [-0.05, 0) is 37.6 Å². The van der Waals surface area contributed by atoms with Crippen LogP contribution in [0.25, 0.3) is 0 Å². The van der Waals surface area contributed by atoms with Gasteiger partial charge in [-0.2, -0.15) is 5.26 Å². The second kappa shape index (κ2) is 11.1. The minimum absolute atomic E-state index is 0. The van der Waals surface area contributed by atoms with Gasteiger partial charge < -0.3 is 15.5 Å². The van der Waals surface area contributed by atoms with Gasteiger partial charge in [-0.15, -0.1) is 24.0 Å². The maximum atomic E-state index is 14.1. The fourth-order valence-electron chi connectivity index (χ4n) is 3.26. The van der Waals surface area contributed by atoms with Crippen LogP contribution in [0, 0.1) is 28.8 Å². The Morgan fingerprint density at radius 3 is 2.67 bits per heavy atom. The molecule has 2 aromatic carbocycles. The van der Waals surface area contributed by atoms with Crippen LogP contribution in [0.2, 0.25) is 0 Å². The predicted octanol–water partition coefficient (Wildman–Crippen LogP) is 3.93. The molecule has 2 N–H and O–H groups in total. The van der Waals surface area contributed by atoms with E-state index < -0.39 is 17.5 Å². The van der Waals surface area contributed by atoms with Gasteiger partial charge in [-0.1, -0.05) is 6.07 Å². The summed E-state index contributed by atoms with van der Waals surface area (Å²) in [7, 11) is 0. The monoisotopic (exact) mass is 529 g/mol. The van der Waals surface area contributed by atoms with Crippen molar-refractivity contribution in [1.82, 2.24) is 10.6 Å². The molecular formula is C21H23F3IN5.